The van der Waals surface area contributed by atoms with E-state index in [0.29, 0.717) is 17.4 Å². The van der Waals surface area contributed by atoms with Gasteiger partial charge in [-0.05, 0) is 18.4 Å². The van der Waals surface area contributed by atoms with Gasteiger partial charge in [0.15, 0.2) is 5.65 Å². The molecule has 1 N–H and O–H groups in total. The topological polar surface area (TPSA) is 98.9 Å². The number of carbonyl (C=O) groups is 1. The average molecular weight is 470 g/mol. The van der Waals surface area contributed by atoms with Gasteiger partial charge in [-0.3, -0.25) is 18.7 Å². The molecule has 0 aliphatic rings. The van der Waals surface area contributed by atoms with Gasteiger partial charge in [0, 0.05) is 26.1 Å². The molecule has 0 aliphatic heterocycles. The fraction of sp³-hybridized carbons (Fsp3) is 0.458. The molecule has 176 valence electrons. The highest BCUT2D eigenvalue weighted by Crippen LogP contribution is 2.29. The molecule has 1 amide bonds. The minimum atomic E-state index is -0.499. The molecule has 2 atom stereocenters. The maximum Gasteiger partial charge on any atom is 0.332 e. The van der Waals surface area contributed by atoms with Crippen LogP contribution in [0.4, 0.5) is 0 Å². The van der Waals surface area contributed by atoms with E-state index in [4.69, 9.17) is 0 Å². The van der Waals surface area contributed by atoms with Crippen LogP contribution in [0.3, 0.4) is 0 Å². The normalized spacial score (nSPS) is 13.7. The van der Waals surface area contributed by atoms with E-state index in [2.05, 4.69) is 22.2 Å². The van der Waals surface area contributed by atoms with Crippen molar-refractivity contribution in [2.24, 2.45) is 14.1 Å². The number of nitrogens with one attached hydrogen (secondary N) is 1. The number of hydrogen-bond donors (Lipinski definition) is 1. The van der Waals surface area contributed by atoms with Gasteiger partial charge in [0.1, 0.15) is 16.2 Å². The van der Waals surface area contributed by atoms with Crippen LogP contribution in [-0.4, -0.2) is 36.8 Å². The molecule has 2 aromatic heterocycles. The summed E-state index contributed by atoms with van der Waals surface area (Å²) in [6.45, 7) is 10.2. The van der Waals surface area contributed by atoms with E-state index in [0.717, 1.165) is 10.1 Å². The van der Waals surface area contributed by atoms with Gasteiger partial charge < -0.3 is 5.32 Å². The van der Waals surface area contributed by atoms with E-state index in [-0.39, 0.29) is 22.9 Å². The summed E-state index contributed by atoms with van der Waals surface area (Å²) in [6.07, 6.45) is 0. The molecule has 0 aliphatic carbocycles. The van der Waals surface area contributed by atoms with E-state index < -0.39 is 21.9 Å². The number of aromatic nitrogens is 4. The molecule has 2 unspecified atom stereocenters. The van der Waals surface area contributed by atoms with Gasteiger partial charge in [-0.25, -0.2) is 14.8 Å². The van der Waals surface area contributed by atoms with E-state index in [1.54, 1.807) is 14.0 Å². The zero-order valence-corrected chi connectivity index (χ0v) is 21.0. The first kappa shape index (κ1) is 24.7. The lowest BCUT2D eigenvalue weighted by molar-refractivity contribution is -0.120. The first-order chi connectivity index (χ1) is 15.4. The lowest BCUT2D eigenvalue weighted by atomic mass is 9.96. The lowest BCUT2D eigenvalue weighted by Crippen LogP contribution is -2.38. The Morgan fingerprint density at radius 1 is 1.06 bits per heavy atom. The van der Waals surface area contributed by atoms with Crippen LogP contribution in [0.15, 0.2) is 44.9 Å². The largest absolute Gasteiger partial charge is 0.355 e. The van der Waals surface area contributed by atoms with Crippen LogP contribution in [0.2, 0.25) is 0 Å². The third-order valence-electron chi connectivity index (χ3n) is 5.55. The lowest BCUT2D eigenvalue weighted by Gasteiger charge is -2.20. The Morgan fingerprint density at radius 3 is 2.30 bits per heavy atom. The molecule has 8 nitrogen and oxygen atoms in total. The fourth-order valence-corrected chi connectivity index (χ4v) is 4.33. The number of carbonyl (C=O) groups excluding carboxylic acids is 1. The molecule has 9 heteroatoms. The molecule has 0 fully saturated rings. The molecule has 0 radical (unpaired) electrons. The molecule has 33 heavy (non-hydrogen) atoms. The van der Waals surface area contributed by atoms with E-state index in [1.165, 1.54) is 23.4 Å². The van der Waals surface area contributed by atoms with Gasteiger partial charge in [-0.2, -0.15) is 0 Å². The predicted molar refractivity (Wildman–Crippen MR) is 132 cm³/mol. The molecule has 0 saturated heterocycles. The summed E-state index contributed by atoms with van der Waals surface area (Å²) < 4.78 is 2.39. The summed E-state index contributed by atoms with van der Waals surface area (Å²) in [5.41, 5.74) is 0.0936. The second-order valence-electron chi connectivity index (χ2n) is 9.32. The number of aryl methyl sites for hydroxylation is 1. The van der Waals surface area contributed by atoms with Crippen molar-refractivity contribution in [3.8, 4) is 0 Å². The van der Waals surface area contributed by atoms with Gasteiger partial charge in [-0.1, -0.05) is 69.8 Å². The maximum absolute atomic E-state index is 13.0. The highest BCUT2D eigenvalue weighted by Gasteiger charge is 2.26. The van der Waals surface area contributed by atoms with Crippen molar-refractivity contribution in [3.05, 3.63) is 62.6 Å². The number of benzene rings is 1. The molecular formula is C24H31N5O3S. The quantitative estimate of drug-likeness (QED) is 0.440. The molecule has 3 rings (SSSR count). The molecule has 3 aromatic rings. The Kier molecular flexibility index (Phi) is 7.11. The number of rotatable bonds is 6. The van der Waals surface area contributed by atoms with Crippen LogP contribution >= 0.6 is 11.8 Å². The molecule has 0 bridgehead atoms. The Hall–Kier alpha value is -2.94. The Labute approximate surface area is 197 Å². The summed E-state index contributed by atoms with van der Waals surface area (Å²) in [7, 11) is 3.01. The molecular weight excluding hydrogens is 438 g/mol. The summed E-state index contributed by atoms with van der Waals surface area (Å²) in [5, 5.41) is 3.15. The van der Waals surface area contributed by atoms with Gasteiger partial charge in [-0.15, -0.1) is 0 Å². The highest BCUT2D eigenvalue weighted by atomic mass is 32.2. The van der Waals surface area contributed by atoms with E-state index in [1.807, 2.05) is 51.1 Å². The third-order valence-corrected chi connectivity index (χ3v) is 6.63. The Bertz CT molecular complexity index is 1290. The van der Waals surface area contributed by atoms with Crippen LogP contribution in [0.25, 0.3) is 11.0 Å². The molecule has 0 saturated carbocycles. The summed E-state index contributed by atoms with van der Waals surface area (Å²) in [6, 6.07) is 10.00. The predicted octanol–water partition coefficient (Wildman–Crippen LogP) is 2.73. The standard InChI is InChI=1S/C24H31N5O3S/c1-14(16-11-9-8-10-12-16)13-25-19(30)15(2)33-20-17-18(26-22(27-20)24(3,4)5)28(6)23(32)29(7)21(17)31/h8-12,14-15H,13H2,1-7H3,(H,25,30). The van der Waals surface area contributed by atoms with Crippen LogP contribution in [0, 0.1) is 0 Å². The van der Waals surface area contributed by atoms with Crippen LogP contribution < -0.4 is 16.6 Å². The fourth-order valence-electron chi connectivity index (χ4n) is 3.37. The summed E-state index contributed by atoms with van der Waals surface area (Å²) in [5.74, 6) is 0.529. The number of nitrogens with zero attached hydrogens (tertiary/aromatic N) is 4. The Morgan fingerprint density at radius 2 is 1.70 bits per heavy atom. The SMILES string of the molecule is CC(Sc1nc(C(C)(C)C)nc2c1c(=O)n(C)c(=O)n2C)C(=O)NCC(C)c1ccccc1. The first-order valence-electron chi connectivity index (χ1n) is 10.9. The number of amides is 1. The monoisotopic (exact) mass is 469 g/mol. The van der Waals surface area contributed by atoms with Crippen molar-refractivity contribution >= 4 is 28.7 Å². The summed E-state index contributed by atoms with van der Waals surface area (Å²) in [4.78, 5) is 47.5. The van der Waals surface area contributed by atoms with Crippen molar-refractivity contribution < 1.29 is 4.79 Å². The number of hydrogen-bond acceptors (Lipinski definition) is 6. The average Bonchev–Trinajstić information content (AvgIpc) is 2.78. The first-order valence-corrected chi connectivity index (χ1v) is 11.8. The minimum absolute atomic E-state index is 0.145. The van der Waals surface area contributed by atoms with Gasteiger partial charge in [0.2, 0.25) is 5.91 Å². The number of fused-ring (bicyclic) bond motifs is 1. The third kappa shape index (κ3) is 5.19. The molecule has 1 aromatic carbocycles. The second kappa shape index (κ2) is 9.51. The van der Waals surface area contributed by atoms with Crippen molar-refractivity contribution in [1.82, 2.24) is 24.4 Å². The zero-order valence-electron chi connectivity index (χ0n) is 20.2. The number of thioether (sulfide) groups is 1. The van der Waals surface area contributed by atoms with E-state index in [9.17, 15) is 14.4 Å². The Balaban J connectivity index is 1.93. The second-order valence-corrected chi connectivity index (χ2v) is 10.7. The van der Waals surface area contributed by atoms with Gasteiger partial charge >= 0.3 is 5.69 Å². The summed E-state index contributed by atoms with van der Waals surface area (Å²) >= 11 is 1.20. The van der Waals surface area contributed by atoms with E-state index >= 15 is 0 Å². The van der Waals surface area contributed by atoms with Crippen LogP contribution in [-0.2, 0) is 24.3 Å². The van der Waals surface area contributed by atoms with Crippen LogP contribution in [0.1, 0.15) is 51.9 Å². The minimum Gasteiger partial charge on any atom is -0.355 e. The maximum atomic E-state index is 13.0. The van der Waals surface area contributed by atoms with Gasteiger partial charge in [0.25, 0.3) is 5.56 Å². The van der Waals surface area contributed by atoms with Crippen molar-refractivity contribution in [2.75, 3.05) is 6.54 Å². The zero-order chi connectivity index (χ0) is 24.5. The van der Waals surface area contributed by atoms with Crippen molar-refractivity contribution in [3.63, 3.8) is 0 Å². The molecule has 2 heterocycles. The highest BCUT2D eigenvalue weighted by molar-refractivity contribution is 8.00. The van der Waals surface area contributed by atoms with Crippen molar-refractivity contribution in [1.29, 1.82) is 0 Å². The smallest absolute Gasteiger partial charge is 0.332 e. The van der Waals surface area contributed by atoms with Crippen molar-refractivity contribution in [2.45, 2.75) is 56.2 Å². The van der Waals surface area contributed by atoms with Crippen LogP contribution in [0.5, 0.6) is 0 Å². The van der Waals surface area contributed by atoms with Gasteiger partial charge in [0.05, 0.1) is 5.25 Å². The molecule has 0 spiro atoms.